The number of piperidine rings is 1. The van der Waals surface area contributed by atoms with E-state index < -0.39 is 0 Å². The van der Waals surface area contributed by atoms with Crippen LogP contribution in [-0.4, -0.2) is 57.4 Å². The van der Waals surface area contributed by atoms with Crippen LogP contribution in [0.25, 0.3) is 11.0 Å². The largest absolute Gasteiger partial charge is 0.349 e. The number of hydrogen-bond acceptors (Lipinski definition) is 4. The van der Waals surface area contributed by atoms with Crippen molar-refractivity contribution < 1.29 is 9.59 Å². The van der Waals surface area contributed by atoms with Crippen molar-refractivity contribution in [1.82, 2.24) is 30.9 Å². The van der Waals surface area contributed by atoms with E-state index in [2.05, 4.69) is 26.0 Å². The fourth-order valence-electron chi connectivity index (χ4n) is 3.36. The minimum Gasteiger partial charge on any atom is -0.349 e. The van der Waals surface area contributed by atoms with Crippen LogP contribution in [0.3, 0.4) is 0 Å². The van der Waals surface area contributed by atoms with Gasteiger partial charge in [0, 0.05) is 25.2 Å². The average Bonchev–Trinajstić information content (AvgIpc) is 3.07. The zero-order valence-electron chi connectivity index (χ0n) is 14.0. The first-order valence-corrected chi connectivity index (χ1v) is 8.86. The molecule has 3 amide bonds. The Bertz CT molecular complexity index is 776. The van der Waals surface area contributed by atoms with E-state index >= 15 is 0 Å². The molecule has 2 aromatic rings. The van der Waals surface area contributed by atoms with E-state index in [9.17, 15) is 9.59 Å². The molecule has 25 heavy (non-hydrogen) atoms. The van der Waals surface area contributed by atoms with Crippen molar-refractivity contribution in [2.45, 2.75) is 44.2 Å². The molecule has 1 saturated heterocycles. The molecular weight excluding hydrogens is 320 g/mol. The average molecular weight is 342 g/mol. The second-order valence-electron chi connectivity index (χ2n) is 6.81. The van der Waals surface area contributed by atoms with Gasteiger partial charge in [0.25, 0.3) is 5.91 Å². The summed E-state index contributed by atoms with van der Waals surface area (Å²) in [4.78, 5) is 26.6. The number of fused-ring (bicyclic) bond motifs is 1. The lowest BCUT2D eigenvalue weighted by Crippen LogP contribution is -2.52. The Morgan fingerprint density at radius 2 is 1.80 bits per heavy atom. The van der Waals surface area contributed by atoms with E-state index in [1.807, 2.05) is 11.0 Å². The molecule has 4 rings (SSSR count). The van der Waals surface area contributed by atoms with E-state index in [-0.39, 0.29) is 18.0 Å². The van der Waals surface area contributed by atoms with Gasteiger partial charge >= 0.3 is 6.03 Å². The number of aromatic amines is 1. The van der Waals surface area contributed by atoms with Gasteiger partial charge in [0.05, 0.1) is 5.56 Å². The van der Waals surface area contributed by atoms with Gasteiger partial charge in [0.15, 0.2) is 0 Å². The van der Waals surface area contributed by atoms with Crippen molar-refractivity contribution in [3.05, 3.63) is 23.8 Å². The molecule has 3 N–H and O–H groups in total. The van der Waals surface area contributed by atoms with E-state index in [1.165, 1.54) is 6.42 Å². The highest BCUT2D eigenvalue weighted by molar-refractivity contribution is 6.04. The maximum absolute atomic E-state index is 12.5. The molecule has 2 aliphatic rings. The summed E-state index contributed by atoms with van der Waals surface area (Å²) in [6.07, 6.45) is 4.91. The van der Waals surface area contributed by atoms with Crippen LogP contribution in [0.5, 0.6) is 0 Å². The molecule has 0 bridgehead atoms. The Balaban J connectivity index is 1.31. The summed E-state index contributed by atoms with van der Waals surface area (Å²) in [5.74, 6) is -0.142. The topological polar surface area (TPSA) is 103 Å². The quantitative estimate of drug-likeness (QED) is 0.785. The zero-order valence-corrected chi connectivity index (χ0v) is 14.0. The van der Waals surface area contributed by atoms with Crippen molar-refractivity contribution in [3.8, 4) is 0 Å². The standard InChI is InChI=1S/C17H22N6O2/c24-16(13-5-2-6-14-15(13)21-22-20-14)18-12-7-9-23(10-8-12)17(25)19-11-3-1-4-11/h2,5-6,11-12H,1,3-4,7-10H2,(H,18,24)(H,19,25)(H,20,21,22). The first kappa shape index (κ1) is 15.9. The van der Waals surface area contributed by atoms with Crippen LogP contribution in [0.1, 0.15) is 42.5 Å². The third-order valence-corrected chi connectivity index (χ3v) is 5.14. The van der Waals surface area contributed by atoms with Gasteiger partial charge in [0.1, 0.15) is 11.0 Å². The van der Waals surface area contributed by atoms with Crippen LogP contribution in [0.2, 0.25) is 0 Å². The highest BCUT2D eigenvalue weighted by Crippen LogP contribution is 2.19. The Morgan fingerprint density at radius 3 is 2.52 bits per heavy atom. The Hall–Kier alpha value is -2.64. The van der Waals surface area contributed by atoms with Crippen LogP contribution in [0, 0.1) is 0 Å². The van der Waals surface area contributed by atoms with Crippen LogP contribution >= 0.6 is 0 Å². The third-order valence-electron chi connectivity index (χ3n) is 5.14. The number of amides is 3. The van der Waals surface area contributed by atoms with Gasteiger partial charge in [-0.15, -0.1) is 0 Å². The molecular formula is C17H22N6O2. The number of H-pyrrole nitrogens is 1. The summed E-state index contributed by atoms with van der Waals surface area (Å²) in [7, 11) is 0. The maximum atomic E-state index is 12.5. The molecule has 1 saturated carbocycles. The third kappa shape index (κ3) is 3.29. The minimum atomic E-state index is -0.142. The highest BCUT2D eigenvalue weighted by Gasteiger charge is 2.27. The molecule has 0 atom stereocenters. The molecule has 1 aromatic heterocycles. The lowest BCUT2D eigenvalue weighted by atomic mass is 9.93. The number of nitrogens with one attached hydrogen (secondary N) is 3. The number of hydrogen-bond donors (Lipinski definition) is 3. The van der Waals surface area contributed by atoms with Crippen LogP contribution in [-0.2, 0) is 0 Å². The molecule has 1 aliphatic heterocycles. The van der Waals surface area contributed by atoms with E-state index in [0.29, 0.717) is 35.7 Å². The Morgan fingerprint density at radius 1 is 1.04 bits per heavy atom. The number of nitrogens with zero attached hydrogens (tertiary/aromatic N) is 3. The Kier molecular flexibility index (Phi) is 4.25. The van der Waals surface area contributed by atoms with Gasteiger partial charge in [-0.05, 0) is 44.2 Å². The van der Waals surface area contributed by atoms with E-state index in [4.69, 9.17) is 0 Å². The maximum Gasteiger partial charge on any atom is 0.317 e. The molecule has 0 radical (unpaired) electrons. The van der Waals surface area contributed by atoms with Crippen LogP contribution < -0.4 is 10.6 Å². The van der Waals surface area contributed by atoms with Crippen molar-refractivity contribution in [3.63, 3.8) is 0 Å². The number of rotatable bonds is 3. The Labute approximate surface area is 145 Å². The van der Waals surface area contributed by atoms with Crippen molar-refractivity contribution >= 4 is 23.0 Å². The molecule has 0 unspecified atom stereocenters. The molecule has 1 aromatic carbocycles. The number of carbonyl (C=O) groups excluding carboxylic acids is 2. The number of carbonyl (C=O) groups is 2. The molecule has 0 spiro atoms. The summed E-state index contributed by atoms with van der Waals surface area (Å²) in [5, 5.41) is 16.7. The molecule has 8 heteroatoms. The summed E-state index contributed by atoms with van der Waals surface area (Å²) in [6.45, 7) is 1.33. The van der Waals surface area contributed by atoms with Gasteiger partial charge in [0.2, 0.25) is 0 Å². The van der Waals surface area contributed by atoms with Gasteiger partial charge in [-0.1, -0.05) is 6.07 Å². The smallest absolute Gasteiger partial charge is 0.317 e. The predicted octanol–water partition coefficient (Wildman–Crippen LogP) is 1.41. The fraction of sp³-hybridized carbons (Fsp3) is 0.529. The number of urea groups is 1. The van der Waals surface area contributed by atoms with Crippen molar-refractivity contribution in [1.29, 1.82) is 0 Å². The second kappa shape index (κ2) is 6.70. The zero-order chi connectivity index (χ0) is 17.2. The lowest BCUT2D eigenvalue weighted by molar-refractivity contribution is 0.0918. The first-order valence-electron chi connectivity index (χ1n) is 8.86. The van der Waals surface area contributed by atoms with Gasteiger partial charge < -0.3 is 15.5 Å². The first-order chi connectivity index (χ1) is 12.2. The summed E-state index contributed by atoms with van der Waals surface area (Å²) in [5.41, 5.74) is 1.78. The molecule has 1 aliphatic carbocycles. The van der Waals surface area contributed by atoms with Gasteiger partial charge in [-0.3, -0.25) is 4.79 Å². The lowest BCUT2D eigenvalue weighted by Gasteiger charge is -2.35. The van der Waals surface area contributed by atoms with Crippen molar-refractivity contribution in [2.75, 3.05) is 13.1 Å². The van der Waals surface area contributed by atoms with Gasteiger partial charge in [-0.2, -0.15) is 15.4 Å². The monoisotopic (exact) mass is 342 g/mol. The molecule has 8 nitrogen and oxygen atoms in total. The number of benzene rings is 1. The highest BCUT2D eigenvalue weighted by atomic mass is 16.2. The van der Waals surface area contributed by atoms with Crippen LogP contribution in [0.15, 0.2) is 18.2 Å². The van der Waals surface area contributed by atoms with Crippen molar-refractivity contribution in [2.24, 2.45) is 0 Å². The van der Waals surface area contributed by atoms with E-state index in [1.54, 1.807) is 12.1 Å². The SMILES string of the molecule is O=C(NC1CCN(C(=O)NC2CCC2)CC1)c1cccc2n[nH]nc12. The molecule has 132 valence electrons. The fourth-order valence-corrected chi connectivity index (χ4v) is 3.36. The van der Waals surface area contributed by atoms with Crippen LogP contribution in [0.4, 0.5) is 4.79 Å². The summed E-state index contributed by atoms with van der Waals surface area (Å²) < 4.78 is 0. The molecule has 2 heterocycles. The minimum absolute atomic E-state index is 0.0295. The number of aromatic nitrogens is 3. The van der Waals surface area contributed by atoms with E-state index in [0.717, 1.165) is 25.7 Å². The summed E-state index contributed by atoms with van der Waals surface area (Å²) >= 11 is 0. The summed E-state index contributed by atoms with van der Waals surface area (Å²) in [6, 6.07) is 5.82. The number of para-hydroxylation sites is 1. The normalized spacial score (nSPS) is 18.8. The predicted molar refractivity (Wildman–Crippen MR) is 92.1 cm³/mol. The number of likely N-dealkylation sites (tertiary alicyclic amines) is 1. The second-order valence-corrected chi connectivity index (χ2v) is 6.81. The van der Waals surface area contributed by atoms with Gasteiger partial charge in [-0.25, -0.2) is 4.79 Å². The molecule has 2 fully saturated rings.